The van der Waals surface area contributed by atoms with Crippen LogP contribution < -0.4 is 5.43 Å². The standard InChI is InChI=1S/C21H14BrNO3S/c22-16-11-5-7-13-18(16)27(25,26)21-19(14-8-2-1-3-9-14)23-17-12-6-4-10-15(17)20(21)24/h1-13H,(H,23,24). The Kier molecular flexibility index (Phi) is 4.45. The van der Waals surface area contributed by atoms with E-state index in [2.05, 4.69) is 20.9 Å². The number of rotatable bonds is 3. The quantitative estimate of drug-likeness (QED) is 0.498. The first-order valence-electron chi connectivity index (χ1n) is 8.20. The molecule has 0 unspecified atom stereocenters. The third kappa shape index (κ3) is 3.01. The highest BCUT2D eigenvalue weighted by Gasteiger charge is 2.29. The minimum atomic E-state index is -4.06. The Labute approximate surface area is 164 Å². The zero-order valence-corrected chi connectivity index (χ0v) is 16.4. The Bertz CT molecular complexity index is 1310. The molecule has 0 amide bonds. The molecule has 1 N–H and O–H groups in total. The Morgan fingerprint density at radius 3 is 2.15 bits per heavy atom. The van der Waals surface area contributed by atoms with E-state index < -0.39 is 15.3 Å². The van der Waals surface area contributed by atoms with E-state index in [1.54, 1.807) is 66.7 Å². The molecule has 0 spiro atoms. The van der Waals surface area contributed by atoms with E-state index in [1.165, 1.54) is 6.07 Å². The lowest BCUT2D eigenvalue weighted by Gasteiger charge is -2.13. The van der Waals surface area contributed by atoms with Crippen LogP contribution in [0.2, 0.25) is 0 Å². The molecular weight excluding hydrogens is 426 g/mol. The second-order valence-corrected chi connectivity index (χ2v) is 8.71. The van der Waals surface area contributed by atoms with Crippen LogP contribution in [0.15, 0.2) is 97.9 Å². The average molecular weight is 440 g/mol. The maximum atomic E-state index is 13.5. The number of pyridine rings is 1. The predicted octanol–water partition coefficient (Wildman–Crippen LogP) is 4.79. The van der Waals surface area contributed by atoms with Crippen LogP contribution in [-0.2, 0) is 9.84 Å². The molecule has 0 saturated carbocycles. The van der Waals surface area contributed by atoms with Crippen molar-refractivity contribution in [1.82, 2.24) is 4.98 Å². The SMILES string of the molecule is O=c1c(S(=O)(=O)c2ccccc2Br)c(-c2ccccc2)[nH]c2ccccc12. The maximum absolute atomic E-state index is 13.5. The molecule has 27 heavy (non-hydrogen) atoms. The summed E-state index contributed by atoms with van der Waals surface area (Å²) in [6, 6.07) is 22.4. The average Bonchev–Trinajstić information content (AvgIpc) is 2.68. The van der Waals surface area contributed by atoms with Gasteiger partial charge in [0, 0.05) is 15.4 Å². The van der Waals surface area contributed by atoms with Gasteiger partial charge in [-0.05, 0) is 45.8 Å². The summed E-state index contributed by atoms with van der Waals surface area (Å²) in [5.41, 5.74) is 0.993. The first kappa shape index (κ1) is 17.7. The van der Waals surface area contributed by atoms with Crippen molar-refractivity contribution in [3.63, 3.8) is 0 Å². The van der Waals surface area contributed by atoms with Crippen LogP contribution in [0.1, 0.15) is 0 Å². The van der Waals surface area contributed by atoms with Crippen molar-refractivity contribution in [3.05, 3.63) is 93.6 Å². The van der Waals surface area contributed by atoms with Crippen molar-refractivity contribution in [2.75, 3.05) is 0 Å². The first-order valence-corrected chi connectivity index (χ1v) is 10.5. The molecule has 3 aromatic carbocycles. The highest BCUT2D eigenvalue weighted by Crippen LogP contribution is 2.32. The number of fused-ring (bicyclic) bond motifs is 1. The molecule has 4 nitrogen and oxygen atoms in total. The Morgan fingerprint density at radius 1 is 0.778 bits per heavy atom. The van der Waals surface area contributed by atoms with Gasteiger partial charge in [0.05, 0.1) is 10.6 Å². The van der Waals surface area contributed by atoms with Gasteiger partial charge >= 0.3 is 0 Å². The maximum Gasteiger partial charge on any atom is 0.213 e. The zero-order chi connectivity index (χ0) is 19.0. The van der Waals surface area contributed by atoms with E-state index in [4.69, 9.17) is 0 Å². The van der Waals surface area contributed by atoms with Gasteiger partial charge in [-0.2, -0.15) is 0 Å². The molecule has 0 aliphatic rings. The second kappa shape index (κ2) is 6.79. The molecule has 1 aromatic heterocycles. The number of hydrogen-bond donors (Lipinski definition) is 1. The molecule has 0 fully saturated rings. The van der Waals surface area contributed by atoms with Crippen molar-refractivity contribution in [3.8, 4) is 11.3 Å². The van der Waals surface area contributed by atoms with Gasteiger partial charge in [-0.15, -0.1) is 0 Å². The lowest BCUT2D eigenvalue weighted by Crippen LogP contribution is -2.19. The monoisotopic (exact) mass is 439 g/mol. The molecule has 1 heterocycles. The Balaban J connectivity index is 2.15. The third-order valence-electron chi connectivity index (χ3n) is 4.32. The number of hydrogen-bond acceptors (Lipinski definition) is 3. The molecular formula is C21H14BrNO3S. The van der Waals surface area contributed by atoms with Gasteiger partial charge in [-0.1, -0.05) is 54.6 Å². The van der Waals surface area contributed by atoms with Gasteiger partial charge in [-0.3, -0.25) is 4.79 Å². The molecule has 0 aliphatic carbocycles. The van der Waals surface area contributed by atoms with Crippen molar-refractivity contribution < 1.29 is 8.42 Å². The number of H-pyrrole nitrogens is 1. The molecule has 0 atom stereocenters. The van der Waals surface area contributed by atoms with Gasteiger partial charge in [0.15, 0.2) is 0 Å². The van der Waals surface area contributed by atoms with Gasteiger partial charge in [0.2, 0.25) is 15.3 Å². The molecule has 0 aliphatic heterocycles. The smallest absolute Gasteiger partial charge is 0.213 e. The fourth-order valence-electron chi connectivity index (χ4n) is 3.05. The zero-order valence-electron chi connectivity index (χ0n) is 14.0. The largest absolute Gasteiger partial charge is 0.353 e. The summed E-state index contributed by atoms with van der Waals surface area (Å²) in [5, 5.41) is 0.336. The van der Waals surface area contributed by atoms with Crippen molar-refractivity contribution in [2.45, 2.75) is 9.79 Å². The fourth-order valence-corrected chi connectivity index (χ4v) is 5.57. The molecule has 0 saturated heterocycles. The Hall–Kier alpha value is -2.70. The number of halogens is 1. The van der Waals surface area contributed by atoms with Gasteiger partial charge in [-0.25, -0.2) is 8.42 Å². The van der Waals surface area contributed by atoms with E-state index in [0.29, 0.717) is 20.9 Å². The van der Waals surface area contributed by atoms with E-state index in [1.807, 2.05) is 6.07 Å². The van der Waals surface area contributed by atoms with Gasteiger partial charge < -0.3 is 4.98 Å². The normalized spacial score (nSPS) is 11.6. The van der Waals surface area contributed by atoms with Crippen LogP contribution in [0.5, 0.6) is 0 Å². The summed E-state index contributed by atoms with van der Waals surface area (Å²) in [5.74, 6) is 0. The summed E-state index contributed by atoms with van der Waals surface area (Å²) in [6.07, 6.45) is 0. The molecule has 4 rings (SSSR count). The van der Waals surface area contributed by atoms with E-state index in [9.17, 15) is 13.2 Å². The summed E-state index contributed by atoms with van der Waals surface area (Å²) >= 11 is 3.29. The second-order valence-electron chi connectivity index (χ2n) is 6.00. The lowest BCUT2D eigenvalue weighted by molar-refractivity contribution is 0.595. The van der Waals surface area contributed by atoms with Crippen LogP contribution in [0.25, 0.3) is 22.2 Å². The lowest BCUT2D eigenvalue weighted by atomic mass is 10.1. The molecule has 0 bridgehead atoms. The van der Waals surface area contributed by atoms with Gasteiger partial charge in [0.25, 0.3) is 0 Å². The number of aromatic amines is 1. The van der Waals surface area contributed by atoms with Crippen molar-refractivity contribution in [1.29, 1.82) is 0 Å². The number of para-hydroxylation sites is 1. The number of aromatic nitrogens is 1. The van der Waals surface area contributed by atoms with E-state index >= 15 is 0 Å². The molecule has 6 heteroatoms. The van der Waals surface area contributed by atoms with Crippen LogP contribution in [0.3, 0.4) is 0 Å². The number of benzene rings is 3. The van der Waals surface area contributed by atoms with Crippen molar-refractivity contribution in [2.24, 2.45) is 0 Å². The van der Waals surface area contributed by atoms with Crippen LogP contribution in [0.4, 0.5) is 0 Å². The highest BCUT2D eigenvalue weighted by molar-refractivity contribution is 9.10. The highest BCUT2D eigenvalue weighted by atomic mass is 79.9. The van der Waals surface area contributed by atoms with E-state index in [-0.39, 0.29) is 15.5 Å². The van der Waals surface area contributed by atoms with E-state index in [0.717, 1.165) is 0 Å². The summed E-state index contributed by atoms with van der Waals surface area (Å²) in [4.78, 5) is 16.2. The molecule has 4 aromatic rings. The van der Waals surface area contributed by atoms with Crippen molar-refractivity contribution >= 4 is 36.7 Å². The van der Waals surface area contributed by atoms with Crippen LogP contribution >= 0.6 is 15.9 Å². The molecule has 0 radical (unpaired) electrons. The summed E-state index contributed by atoms with van der Waals surface area (Å²) in [7, 11) is -4.06. The fraction of sp³-hybridized carbons (Fsp3) is 0. The molecule has 134 valence electrons. The number of sulfone groups is 1. The summed E-state index contributed by atoms with van der Waals surface area (Å²) in [6.45, 7) is 0. The Morgan fingerprint density at radius 2 is 1.41 bits per heavy atom. The topological polar surface area (TPSA) is 67.0 Å². The van der Waals surface area contributed by atoms with Gasteiger partial charge in [0.1, 0.15) is 4.90 Å². The predicted molar refractivity (Wildman–Crippen MR) is 110 cm³/mol. The number of nitrogens with one attached hydrogen (secondary N) is 1. The van der Waals surface area contributed by atoms with Crippen LogP contribution in [-0.4, -0.2) is 13.4 Å². The first-order chi connectivity index (χ1) is 13.0. The minimum Gasteiger partial charge on any atom is -0.353 e. The third-order valence-corrected chi connectivity index (χ3v) is 7.14. The minimum absolute atomic E-state index is 0.0583. The summed E-state index contributed by atoms with van der Waals surface area (Å²) < 4.78 is 27.3. The van der Waals surface area contributed by atoms with Crippen LogP contribution in [0, 0.1) is 0 Å².